The lowest BCUT2D eigenvalue weighted by Gasteiger charge is -2.14. The van der Waals surface area contributed by atoms with Gasteiger partial charge < -0.3 is 10.0 Å². The minimum atomic E-state index is 0.162. The molecule has 1 N–H and O–H groups in total. The van der Waals surface area contributed by atoms with Gasteiger partial charge in [-0.15, -0.1) is 11.6 Å². The van der Waals surface area contributed by atoms with Crippen LogP contribution >= 0.6 is 11.6 Å². The average molecular weight is 289 g/mol. The molecule has 6 heteroatoms. The van der Waals surface area contributed by atoms with E-state index in [4.69, 9.17) is 17.1 Å². The fraction of sp³-hybridized carbons (Fsp3) is 0.286. The Bertz CT molecular complexity index is 740. The molecule has 0 saturated heterocycles. The Balaban J connectivity index is 2.46. The number of aromatic hydroxyl groups is 1. The molecule has 0 fully saturated rings. The number of likely N-dealkylation sites (N-methyl/N-ethyl adjacent to an activating group) is 1. The predicted octanol–water partition coefficient (Wildman–Crippen LogP) is 4.26. The van der Waals surface area contributed by atoms with Gasteiger partial charge in [-0.1, -0.05) is 23.3 Å². The van der Waals surface area contributed by atoms with Crippen molar-refractivity contribution in [3.8, 4) is 5.75 Å². The summed E-state index contributed by atoms with van der Waals surface area (Å²) in [6.45, 7) is 0.794. The average Bonchev–Trinajstić information content (AvgIpc) is 2.76. The highest BCUT2D eigenvalue weighted by Gasteiger charge is 2.29. The molecule has 0 unspecified atom stereocenters. The van der Waals surface area contributed by atoms with Crippen LogP contribution in [-0.4, -0.2) is 24.6 Å². The van der Waals surface area contributed by atoms with Crippen LogP contribution in [0.1, 0.15) is 11.5 Å². The van der Waals surface area contributed by atoms with Crippen molar-refractivity contribution in [2.24, 2.45) is 5.11 Å². The fourth-order valence-corrected chi connectivity index (χ4v) is 3.21. The van der Waals surface area contributed by atoms with E-state index in [0.717, 1.165) is 23.2 Å². The first-order valence-electron chi connectivity index (χ1n) is 6.28. The summed E-state index contributed by atoms with van der Waals surface area (Å²) in [7, 11) is 1.97. The molecule has 0 radical (unpaired) electrons. The highest BCUT2D eigenvalue weighted by Crippen LogP contribution is 2.47. The van der Waals surface area contributed by atoms with Crippen LogP contribution in [0.5, 0.6) is 5.75 Å². The zero-order valence-corrected chi connectivity index (χ0v) is 11.7. The number of alkyl halides is 1. The number of halogens is 1. The van der Waals surface area contributed by atoms with E-state index in [1.807, 2.05) is 13.1 Å². The molecule has 0 spiro atoms. The molecule has 0 saturated carbocycles. The number of hydrogen-bond donors (Lipinski definition) is 1. The van der Waals surface area contributed by atoms with Gasteiger partial charge in [0.2, 0.25) is 0 Å². The molecule has 5 nitrogen and oxygen atoms in total. The van der Waals surface area contributed by atoms with E-state index < -0.39 is 0 Å². The van der Waals surface area contributed by atoms with E-state index in [-0.39, 0.29) is 11.7 Å². The van der Waals surface area contributed by atoms with Crippen LogP contribution < -0.4 is 4.90 Å². The third-order valence-electron chi connectivity index (χ3n) is 3.79. The van der Waals surface area contributed by atoms with Crippen molar-refractivity contribution in [2.75, 3.05) is 24.4 Å². The minimum absolute atomic E-state index is 0.162. The van der Waals surface area contributed by atoms with Gasteiger partial charge in [-0.3, -0.25) is 0 Å². The topological polar surface area (TPSA) is 72.2 Å². The highest BCUT2D eigenvalue weighted by atomic mass is 35.5. The van der Waals surface area contributed by atoms with E-state index in [2.05, 4.69) is 14.9 Å². The summed E-state index contributed by atoms with van der Waals surface area (Å²) in [5.74, 6) is 0.840. The quantitative estimate of drug-likeness (QED) is 0.388. The monoisotopic (exact) mass is 288 g/mol. The van der Waals surface area contributed by atoms with Crippen molar-refractivity contribution in [2.45, 2.75) is 5.92 Å². The number of hydrogen-bond acceptors (Lipinski definition) is 3. The van der Waals surface area contributed by atoms with Gasteiger partial charge in [0.15, 0.2) is 0 Å². The lowest BCUT2D eigenvalue weighted by molar-refractivity contribution is 0.481. The van der Waals surface area contributed by atoms with Crippen molar-refractivity contribution < 1.29 is 5.11 Å². The molecule has 0 amide bonds. The second-order valence-electron chi connectivity index (χ2n) is 4.95. The Morgan fingerprint density at radius 3 is 3.05 bits per heavy atom. The number of benzene rings is 2. The van der Waals surface area contributed by atoms with Crippen molar-refractivity contribution in [1.82, 2.24) is 0 Å². The van der Waals surface area contributed by atoms with Crippen LogP contribution in [0.15, 0.2) is 29.4 Å². The zero-order valence-electron chi connectivity index (χ0n) is 10.9. The highest BCUT2D eigenvalue weighted by molar-refractivity contribution is 6.19. The SMILES string of the molecule is CN1C[C@@H](CCl)c2c1cc(O)c1cccc(N=[N+]=[N-])c21. The molecule has 1 heterocycles. The summed E-state index contributed by atoms with van der Waals surface area (Å²) < 4.78 is 0. The fourth-order valence-electron chi connectivity index (χ4n) is 2.96. The third kappa shape index (κ3) is 1.75. The first-order chi connectivity index (χ1) is 9.67. The van der Waals surface area contributed by atoms with E-state index in [0.29, 0.717) is 17.0 Å². The van der Waals surface area contributed by atoms with E-state index in [1.165, 1.54) is 0 Å². The maximum atomic E-state index is 10.2. The number of nitrogens with zero attached hydrogens (tertiary/aromatic N) is 4. The van der Waals surface area contributed by atoms with Gasteiger partial charge in [0, 0.05) is 58.5 Å². The number of azide groups is 1. The largest absolute Gasteiger partial charge is 0.507 e. The standard InChI is InChI=1S/C14H13ClN4O/c1-19-7-8(6-15)13-11(19)5-12(20)9-3-2-4-10(14(9)13)17-18-16/h2-5,8,20H,6-7H2,1H3/t8-/m1/s1. The first-order valence-corrected chi connectivity index (χ1v) is 6.81. The molecular weight excluding hydrogens is 276 g/mol. The summed E-state index contributed by atoms with van der Waals surface area (Å²) in [5.41, 5.74) is 11.3. The van der Waals surface area contributed by atoms with Gasteiger partial charge >= 0.3 is 0 Å². The summed E-state index contributed by atoms with van der Waals surface area (Å²) in [4.78, 5) is 4.94. The summed E-state index contributed by atoms with van der Waals surface area (Å²) in [5, 5.41) is 15.5. The van der Waals surface area contributed by atoms with E-state index >= 15 is 0 Å². The Kier molecular flexibility index (Phi) is 3.08. The molecule has 0 aliphatic carbocycles. The number of rotatable bonds is 2. The van der Waals surface area contributed by atoms with Crippen molar-refractivity contribution in [3.63, 3.8) is 0 Å². The Hall–Kier alpha value is -2.10. The van der Waals surface area contributed by atoms with Gasteiger partial charge in [-0.05, 0) is 11.1 Å². The van der Waals surface area contributed by atoms with Crippen LogP contribution in [0.25, 0.3) is 21.2 Å². The maximum Gasteiger partial charge on any atom is 0.125 e. The van der Waals surface area contributed by atoms with Crippen LogP contribution in [0, 0.1) is 0 Å². The van der Waals surface area contributed by atoms with Gasteiger partial charge in [0.05, 0.1) is 0 Å². The molecular formula is C14H13ClN4O. The summed E-state index contributed by atoms with van der Waals surface area (Å²) in [6, 6.07) is 7.10. The molecule has 3 rings (SSSR count). The normalized spacial score (nSPS) is 17.1. The van der Waals surface area contributed by atoms with E-state index in [9.17, 15) is 5.11 Å². The van der Waals surface area contributed by atoms with Crippen LogP contribution in [-0.2, 0) is 0 Å². The van der Waals surface area contributed by atoms with Crippen LogP contribution in [0.2, 0.25) is 0 Å². The van der Waals surface area contributed by atoms with Gasteiger partial charge in [-0.25, -0.2) is 0 Å². The Labute approximate surface area is 121 Å². The Morgan fingerprint density at radius 2 is 2.35 bits per heavy atom. The molecule has 102 valence electrons. The summed E-state index contributed by atoms with van der Waals surface area (Å²) >= 11 is 6.08. The van der Waals surface area contributed by atoms with Crippen molar-refractivity contribution >= 4 is 33.7 Å². The predicted molar refractivity (Wildman–Crippen MR) is 81.1 cm³/mol. The molecule has 0 bridgehead atoms. The van der Waals surface area contributed by atoms with E-state index in [1.54, 1.807) is 18.2 Å². The van der Waals surface area contributed by atoms with Crippen LogP contribution in [0.4, 0.5) is 11.4 Å². The molecule has 2 aromatic carbocycles. The first kappa shape index (κ1) is 12.9. The smallest absolute Gasteiger partial charge is 0.125 e. The lowest BCUT2D eigenvalue weighted by Crippen LogP contribution is -2.15. The number of anilines is 1. The van der Waals surface area contributed by atoms with Crippen molar-refractivity contribution in [1.29, 1.82) is 0 Å². The molecule has 0 aromatic heterocycles. The van der Waals surface area contributed by atoms with Gasteiger partial charge in [-0.2, -0.15) is 0 Å². The van der Waals surface area contributed by atoms with Crippen molar-refractivity contribution in [3.05, 3.63) is 40.3 Å². The molecule has 1 atom stereocenters. The lowest BCUT2D eigenvalue weighted by atomic mass is 9.94. The Morgan fingerprint density at radius 1 is 1.55 bits per heavy atom. The number of fused-ring (bicyclic) bond motifs is 3. The molecule has 20 heavy (non-hydrogen) atoms. The second-order valence-corrected chi connectivity index (χ2v) is 5.26. The number of phenols is 1. The van der Waals surface area contributed by atoms with Crippen LogP contribution in [0.3, 0.4) is 0 Å². The maximum absolute atomic E-state index is 10.2. The third-order valence-corrected chi connectivity index (χ3v) is 4.16. The molecule has 2 aromatic rings. The van der Waals surface area contributed by atoms with Gasteiger partial charge in [0.1, 0.15) is 5.75 Å². The number of phenolic OH excluding ortho intramolecular Hbond substituents is 1. The second kappa shape index (κ2) is 4.78. The summed E-state index contributed by atoms with van der Waals surface area (Å²) in [6.07, 6.45) is 0. The minimum Gasteiger partial charge on any atom is -0.507 e. The molecule has 1 aliphatic heterocycles. The van der Waals surface area contributed by atoms with Gasteiger partial charge in [0.25, 0.3) is 0 Å². The zero-order chi connectivity index (χ0) is 14.3. The molecule has 1 aliphatic rings.